The van der Waals surface area contributed by atoms with Crippen LogP contribution in [0.2, 0.25) is 0 Å². The highest BCUT2D eigenvalue weighted by molar-refractivity contribution is 5.98. The Labute approximate surface area is 136 Å². The zero-order chi connectivity index (χ0) is 17.6. The van der Waals surface area contributed by atoms with Gasteiger partial charge in [-0.2, -0.15) is 9.46 Å². The molecule has 1 aromatic heterocycles. The van der Waals surface area contributed by atoms with E-state index in [0.717, 1.165) is 6.07 Å². The summed E-state index contributed by atoms with van der Waals surface area (Å²) in [6.45, 7) is 1.35. The van der Waals surface area contributed by atoms with Gasteiger partial charge in [-0.25, -0.2) is 0 Å². The van der Waals surface area contributed by atoms with Gasteiger partial charge < -0.3 is 25.0 Å². The van der Waals surface area contributed by atoms with Crippen molar-refractivity contribution in [3.63, 3.8) is 0 Å². The summed E-state index contributed by atoms with van der Waals surface area (Å²) in [6, 6.07) is 5.14. The molecule has 0 unspecified atom stereocenters. The van der Waals surface area contributed by atoms with E-state index in [9.17, 15) is 20.3 Å². The minimum atomic E-state index is -0.274. The minimum absolute atomic E-state index is 0.000949. The van der Waals surface area contributed by atoms with Crippen LogP contribution in [0.25, 0.3) is 22.1 Å². The second-order valence-electron chi connectivity index (χ2n) is 5.20. The van der Waals surface area contributed by atoms with Crippen molar-refractivity contribution >= 4 is 27.9 Å². The largest absolute Gasteiger partial charge is 0.617 e. The third-order valence-electron chi connectivity index (χ3n) is 3.82. The molecule has 2 aromatic carbocycles. The van der Waals surface area contributed by atoms with Crippen LogP contribution in [0.1, 0.15) is 17.3 Å². The lowest BCUT2D eigenvalue weighted by molar-refractivity contribution is -0.591. The van der Waals surface area contributed by atoms with Crippen LogP contribution in [0.5, 0.6) is 17.2 Å². The number of aromatic nitrogens is 2. The van der Waals surface area contributed by atoms with E-state index in [0.29, 0.717) is 9.46 Å². The summed E-state index contributed by atoms with van der Waals surface area (Å²) in [4.78, 5) is 11.6. The standard InChI is InChI=1S/C16H14N2O6/c1-8(19)9-4-12-16(15(5-9)24-3)18(22)11-7-14(23-2)13(20)6-10(11)17(12)21/h4-7,20H,1-3H3. The first-order valence-corrected chi connectivity index (χ1v) is 6.97. The fraction of sp³-hybridized carbons (Fsp3) is 0.188. The second-order valence-corrected chi connectivity index (χ2v) is 5.20. The van der Waals surface area contributed by atoms with Crippen molar-refractivity contribution in [3.05, 3.63) is 40.2 Å². The molecule has 1 N–H and O–H groups in total. The molecule has 8 heteroatoms. The topological polar surface area (TPSA) is 110 Å². The smallest absolute Gasteiger partial charge is 0.332 e. The molecule has 0 aliphatic carbocycles. The highest BCUT2D eigenvalue weighted by Gasteiger charge is 2.28. The molecule has 0 bridgehead atoms. The van der Waals surface area contributed by atoms with E-state index in [1.54, 1.807) is 0 Å². The van der Waals surface area contributed by atoms with Crippen molar-refractivity contribution < 1.29 is 28.8 Å². The quantitative estimate of drug-likeness (QED) is 0.334. The van der Waals surface area contributed by atoms with Gasteiger partial charge in [0.2, 0.25) is 0 Å². The number of phenolic OH excluding ortho intramolecular Hbond substituents is 1. The summed E-state index contributed by atoms with van der Waals surface area (Å²) in [5, 5.41) is 35.3. The Morgan fingerprint density at radius 2 is 1.58 bits per heavy atom. The van der Waals surface area contributed by atoms with E-state index in [1.165, 1.54) is 39.3 Å². The fourth-order valence-electron chi connectivity index (χ4n) is 2.60. The number of benzene rings is 2. The third kappa shape index (κ3) is 2.11. The Bertz CT molecular complexity index is 999. The Kier molecular flexibility index (Phi) is 3.52. The van der Waals surface area contributed by atoms with Crippen LogP contribution in [-0.4, -0.2) is 25.1 Å². The number of phenols is 1. The average Bonchev–Trinajstić information content (AvgIpc) is 2.57. The van der Waals surface area contributed by atoms with Gasteiger partial charge in [0.15, 0.2) is 23.0 Å². The van der Waals surface area contributed by atoms with Crippen LogP contribution in [0.15, 0.2) is 24.3 Å². The number of carbonyl (C=O) groups excluding carboxylic acids is 1. The van der Waals surface area contributed by atoms with Gasteiger partial charge >= 0.3 is 5.52 Å². The molecule has 8 nitrogen and oxygen atoms in total. The normalized spacial score (nSPS) is 11.0. The van der Waals surface area contributed by atoms with Gasteiger partial charge in [0.05, 0.1) is 26.4 Å². The molecular weight excluding hydrogens is 316 g/mol. The summed E-state index contributed by atoms with van der Waals surface area (Å²) < 4.78 is 11.2. The Morgan fingerprint density at radius 1 is 0.958 bits per heavy atom. The van der Waals surface area contributed by atoms with E-state index < -0.39 is 0 Å². The number of Topliss-reactive ketones (excluding diaryl/α,β-unsaturated/α-hetero) is 1. The maximum atomic E-state index is 12.7. The summed E-state index contributed by atoms with van der Waals surface area (Å²) >= 11 is 0. The van der Waals surface area contributed by atoms with Gasteiger partial charge in [0.25, 0.3) is 16.6 Å². The zero-order valence-electron chi connectivity index (χ0n) is 13.2. The molecule has 124 valence electrons. The minimum Gasteiger partial charge on any atom is -0.617 e. The molecule has 0 spiro atoms. The molecular formula is C16H14N2O6. The maximum absolute atomic E-state index is 12.7. The van der Waals surface area contributed by atoms with E-state index in [-0.39, 0.29) is 50.7 Å². The number of aromatic hydroxyl groups is 1. The molecule has 0 fully saturated rings. The van der Waals surface area contributed by atoms with Gasteiger partial charge in [-0.3, -0.25) is 4.79 Å². The monoisotopic (exact) mass is 330 g/mol. The number of hydrogen-bond donors (Lipinski definition) is 1. The fourth-order valence-corrected chi connectivity index (χ4v) is 2.60. The molecule has 3 rings (SSSR count). The highest BCUT2D eigenvalue weighted by Crippen LogP contribution is 2.31. The molecule has 0 aliphatic rings. The lowest BCUT2D eigenvalue weighted by atomic mass is 10.1. The van der Waals surface area contributed by atoms with Gasteiger partial charge in [-0.15, -0.1) is 0 Å². The van der Waals surface area contributed by atoms with Gasteiger partial charge in [-0.05, 0) is 13.0 Å². The molecule has 3 aromatic rings. The molecule has 0 amide bonds. The average molecular weight is 330 g/mol. The van der Waals surface area contributed by atoms with Crippen LogP contribution in [-0.2, 0) is 0 Å². The number of hydrogen-bond acceptors (Lipinski definition) is 6. The lowest BCUT2D eigenvalue weighted by Gasteiger charge is -2.12. The molecule has 24 heavy (non-hydrogen) atoms. The van der Waals surface area contributed by atoms with Crippen LogP contribution < -0.4 is 18.9 Å². The van der Waals surface area contributed by atoms with E-state index in [1.807, 2.05) is 0 Å². The van der Waals surface area contributed by atoms with Crippen molar-refractivity contribution in [1.29, 1.82) is 0 Å². The SMILES string of the molecule is COc1cc2c(cc1O)[n+]([O-])c1cc(C(C)=O)cc(OC)c1[n+]2[O-]. The number of ketones is 1. The Hall–Kier alpha value is -3.29. The van der Waals surface area contributed by atoms with Crippen LogP contribution in [0.4, 0.5) is 0 Å². The number of methoxy groups -OCH3 is 2. The van der Waals surface area contributed by atoms with E-state index in [2.05, 4.69) is 0 Å². The van der Waals surface area contributed by atoms with Crippen molar-refractivity contribution in [2.24, 2.45) is 0 Å². The maximum Gasteiger partial charge on any atom is 0.332 e. The van der Waals surface area contributed by atoms with Gasteiger partial charge in [0.1, 0.15) is 0 Å². The van der Waals surface area contributed by atoms with Crippen molar-refractivity contribution in [2.75, 3.05) is 14.2 Å². The van der Waals surface area contributed by atoms with Gasteiger partial charge in [-0.1, -0.05) is 0 Å². The lowest BCUT2D eigenvalue weighted by Crippen LogP contribution is -2.39. The first-order chi connectivity index (χ1) is 11.4. The number of carbonyl (C=O) groups is 1. The van der Waals surface area contributed by atoms with Crippen molar-refractivity contribution in [2.45, 2.75) is 6.92 Å². The summed E-state index contributed by atoms with van der Waals surface area (Å²) in [7, 11) is 2.68. The zero-order valence-corrected chi connectivity index (χ0v) is 13.2. The molecule has 0 aliphatic heterocycles. The summed E-state index contributed by atoms with van der Waals surface area (Å²) in [6.07, 6.45) is 0. The van der Waals surface area contributed by atoms with Gasteiger partial charge in [0, 0.05) is 11.6 Å². The molecule has 0 radical (unpaired) electrons. The second kappa shape index (κ2) is 5.41. The molecule has 0 saturated carbocycles. The highest BCUT2D eigenvalue weighted by atomic mass is 16.5. The van der Waals surface area contributed by atoms with Crippen molar-refractivity contribution in [3.8, 4) is 17.2 Å². The Morgan fingerprint density at radius 3 is 2.17 bits per heavy atom. The van der Waals surface area contributed by atoms with Crippen LogP contribution >= 0.6 is 0 Å². The van der Waals surface area contributed by atoms with E-state index >= 15 is 0 Å². The predicted octanol–water partition coefficient (Wildman–Crippen LogP) is 1.19. The number of fused-ring (bicyclic) bond motifs is 2. The predicted molar refractivity (Wildman–Crippen MR) is 84.1 cm³/mol. The third-order valence-corrected chi connectivity index (χ3v) is 3.82. The van der Waals surface area contributed by atoms with E-state index in [4.69, 9.17) is 9.47 Å². The number of rotatable bonds is 3. The van der Waals surface area contributed by atoms with Crippen molar-refractivity contribution in [1.82, 2.24) is 0 Å². The number of nitrogens with zero attached hydrogens (tertiary/aromatic N) is 2. The number of ether oxygens (including phenoxy) is 2. The van der Waals surface area contributed by atoms with Crippen LogP contribution in [0.3, 0.4) is 0 Å². The molecule has 1 heterocycles. The molecule has 0 saturated heterocycles. The first-order valence-electron chi connectivity index (χ1n) is 6.97. The summed E-state index contributed by atoms with van der Waals surface area (Å²) in [5.41, 5.74) is 0.130. The first kappa shape index (κ1) is 15.6. The summed E-state index contributed by atoms with van der Waals surface area (Å²) in [5.74, 6) is -0.383. The Balaban J connectivity index is 2.56. The molecule has 0 atom stereocenters. The van der Waals surface area contributed by atoms with Crippen LogP contribution in [0, 0.1) is 10.4 Å².